The molecule has 0 aliphatic rings. The number of aryl methyl sites for hydroxylation is 1. The molecule has 0 spiro atoms. The Balaban J connectivity index is 1.52. The largest absolute Gasteiger partial charge is 0.461 e. The van der Waals surface area contributed by atoms with E-state index in [1.807, 2.05) is 67.5 Å². The first kappa shape index (κ1) is 19.8. The second-order valence-corrected chi connectivity index (χ2v) is 6.97. The Bertz CT molecular complexity index is 906. The van der Waals surface area contributed by atoms with Crippen molar-refractivity contribution >= 4 is 5.91 Å². The minimum Gasteiger partial charge on any atom is -0.461 e. The summed E-state index contributed by atoms with van der Waals surface area (Å²) in [6, 6.07) is 20.1. The molecular weight excluding hydrogens is 355 g/mol. The van der Waals surface area contributed by atoms with Crippen LogP contribution in [-0.4, -0.2) is 31.4 Å². The summed E-state index contributed by atoms with van der Waals surface area (Å²) in [7, 11) is 3.82. The molecule has 1 atom stereocenters. The van der Waals surface area contributed by atoms with Gasteiger partial charge in [0.15, 0.2) is 0 Å². The van der Waals surface area contributed by atoms with E-state index in [-0.39, 0.29) is 17.8 Å². The lowest BCUT2D eigenvalue weighted by Gasteiger charge is -2.25. The van der Waals surface area contributed by atoms with Gasteiger partial charge in [0.05, 0.1) is 6.04 Å². The number of likely N-dealkylation sites (N-methyl/N-ethyl adjacent to an activating group) is 1. The Morgan fingerprint density at radius 1 is 1.07 bits per heavy atom. The smallest absolute Gasteiger partial charge is 0.220 e. The molecule has 0 fully saturated rings. The normalized spacial score (nSPS) is 12.1. The molecule has 0 aliphatic carbocycles. The van der Waals surface area contributed by atoms with Gasteiger partial charge in [-0.2, -0.15) is 0 Å². The predicted octanol–water partition coefficient (Wildman–Crippen LogP) is 4.44. The predicted molar refractivity (Wildman–Crippen MR) is 108 cm³/mol. The number of nitrogens with one attached hydrogen (secondary N) is 1. The van der Waals surface area contributed by atoms with Crippen molar-refractivity contribution in [3.8, 4) is 11.3 Å². The van der Waals surface area contributed by atoms with Gasteiger partial charge >= 0.3 is 0 Å². The third kappa shape index (κ3) is 5.30. The summed E-state index contributed by atoms with van der Waals surface area (Å²) in [6.07, 6.45) is 0.871. The van der Waals surface area contributed by atoms with Crippen LogP contribution in [0.3, 0.4) is 0 Å². The molecule has 5 heteroatoms. The molecule has 1 N–H and O–H groups in total. The molecule has 1 unspecified atom stereocenters. The standard InChI is InChI=1S/C23H25FN2O2/c1-26(2)21(18-9-6-10-19(24)15-18)16-25-23(27)14-12-20-11-13-22(28-20)17-7-4-3-5-8-17/h3-11,13,15,21H,12,14,16H2,1-2H3,(H,25,27). The SMILES string of the molecule is CN(C)C(CNC(=O)CCc1ccc(-c2ccccc2)o1)c1cccc(F)c1. The Labute approximate surface area is 165 Å². The Hall–Kier alpha value is -2.92. The zero-order valence-electron chi connectivity index (χ0n) is 16.2. The number of nitrogens with zero attached hydrogens (tertiary/aromatic N) is 1. The Morgan fingerprint density at radius 2 is 1.86 bits per heavy atom. The molecule has 3 rings (SSSR count). The van der Waals surface area contributed by atoms with Gasteiger partial charge in [-0.3, -0.25) is 4.79 Å². The fraction of sp³-hybridized carbons (Fsp3) is 0.261. The third-order valence-corrected chi connectivity index (χ3v) is 4.67. The van der Waals surface area contributed by atoms with Crippen molar-refractivity contribution < 1.29 is 13.6 Å². The van der Waals surface area contributed by atoms with Gasteiger partial charge in [-0.1, -0.05) is 42.5 Å². The number of halogens is 1. The molecule has 0 radical (unpaired) electrons. The molecule has 28 heavy (non-hydrogen) atoms. The molecule has 4 nitrogen and oxygen atoms in total. The summed E-state index contributed by atoms with van der Waals surface area (Å²) in [5, 5.41) is 2.95. The molecule has 0 saturated carbocycles. The van der Waals surface area contributed by atoms with Crippen LogP contribution in [0.15, 0.2) is 71.1 Å². The summed E-state index contributed by atoms with van der Waals surface area (Å²) in [5.74, 6) is 1.25. The van der Waals surface area contributed by atoms with Crippen molar-refractivity contribution in [2.45, 2.75) is 18.9 Å². The molecule has 146 valence electrons. The molecular formula is C23H25FN2O2. The number of benzene rings is 2. The summed E-state index contributed by atoms with van der Waals surface area (Å²) in [5.41, 5.74) is 1.85. The van der Waals surface area contributed by atoms with Crippen LogP contribution in [0.25, 0.3) is 11.3 Å². The highest BCUT2D eigenvalue weighted by Crippen LogP contribution is 2.22. The van der Waals surface area contributed by atoms with Crippen molar-refractivity contribution in [1.29, 1.82) is 0 Å². The number of hydrogen-bond donors (Lipinski definition) is 1. The molecule has 0 saturated heterocycles. The maximum Gasteiger partial charge on any atom is 0.220 e. The minimum absolute atomic E-state index is 0.0547. The molecule has 0 bridgehead atoms. The van der Waals surface area contributed by atoms with Crippen LogP contribution in [0.4, 0.5) is 4.39 Å². The maximum absolute atomic E-state index is 13.5. The fourth-order valence-electron chi connectivity index (χ4n) is 3.12. The monoisotopic (exact) mass is 380 g/mol. The molecule has 1 aromatic heterocycles. The number of hydrogen-bond acceptors (Lipinski definition) is 3. The average Bonchev–Trinajstić information content (AvgIpc) is 3.16. The van der Waals surface area contributed by atoms with Crippen molar-refractivity contribution in [1.82, 2.24) is 10.2 Å². The van der Waals surface area contributed by atoms with Crippen molar-refractivity contribution in [3.05, 3.63) is 83.9 Å². The van der Waals surface area contributed by atoms with E-state index in [0.717, 1.165) is 22.6 Å². The van der Waals surface area contributed by atoms with Crippen LogP contribution in [0.1, 0.15) is 23.8 Å². The average molecular weight is 380 g/mol. The number of carbonyl (C=O) groups excluding carboxylic acids is 1. The van der Waals surface area contributed by atoms with E-state index in [9.17, 15) is 9.18 Å². The van der Waals surface area contributed by atoms with Crippen LogP contribution >= 0.6 is 0 Å². The van der Waals surface area contributed by atoms with Gasteiger partial charge in [0.2, 0.25) is 5.91 Å². The van der Waals surface area contributed by atoms with Crippen molar-refractivity contribution in [3.63, 3.8) is 0 Å². The van der Waals surface area contributed by atoms with E-state index in [0.29, 0.717) is 19.4 Å². The molecule has 3 aromatic rings. The van der Waals surface area contributed by atoms with E-state index >= 15 is 0 Å². The van der Waals surface area contributed by atoms with Gasteiger partial charge < -0.3 is 14.6 Å². The molecule has 1 heterocycles. The topological polar surface area (TPSA) is 45.5 Å². The van der Waals surface area contributed by atoms with Crippen LogP contribution in [0.2, 0.25) is 0 Å². The lowest BCUT2D eigenvalue weighted by atomic mass is 10.1. The van der Waals surface area contributed by atoms with Gasteiger partial charge in [-0.25, -0.2) is 4.39 Å². The Morgan fingerprint density at radius 3 is 2.57 bits per heavy atom. The zero-order chi connectivity index (χ0) is 19.9. The maximum atomic E-state index is 13.5. The zero-order valence-corrected chi connectivity index (χ0v) is 16.2. The first-order valence-electron chi connectivity index (χ1n) is 9.35. The lowest BCUT2D eigenvalue weighted by Crippen LogP contribution is -2.34. The number of carbonyl (C=O) groups is 1. The summed E-state index contributed by atoms with van der Waals surface area (Å²) in [6.45, 7) is 0.419. The molecule has 1 amide bonds. The van der Waals surface area contributed by atoms with Gasteiger partial charge in [-0.15, -0.1) is 0 Å². The van der Waals surface area contributed by atoms with Gasteiger partial charge in [0.1, 0.15) is 17.3 Å². The third-order valence-electron chi connectivity index (χ3n) is 4.67. The van der Waals surface area contributed by atoms with Gasteiger partial charge in [0.25, 0.3) is 0 Å². The van der Waals surface area contributed by atoms with Gasteiger partial charge in [-0.05, 0) is 43.9 Å². The van der Waals surface area contributed by atoms with E-state index < -0.39 is 0 Å². The molecule has 0 aliphatic heterocycles. The molecule has 2 aromatic carbocycles. The highest BCUT2D eigenvalue weighted by atomic mass is 19.1. The van der Waals surface area contributed by atoms with Crippen LogP contribution in [0, 0.1) is 5.82 Å². The summed E-state index contributed by atoms with van der Waals surface area (Å²) in [4.78, 5) is 14.2. The first-order valence-corrected chi connectivity index (χ1v) is 9.35. The minimum atomic E-state index is -0.275. The highest BCUT2D eigenvalue weighted by Gasteiger charge is 2.16. The second kappa shape index (κ2) is 9.33. The van der Waals surface area contributed by atoms with Crippen LogP contribution in [-0.2, 0) is 11.2 Å². The second-order valence-electron chi connectivity index (χ2n) is 6.97. The van der Waals surface area contributed by atoms with Crippen molar-refractivity contribution in [2.24, 2.45) is 0 Å². The van der Waals surface area contributed by atoms with Crippen LogP contribution in [0.5, 0.6) is 0 Å². The highest BCUT2D eigenvalue weighted by molar-refractivity contribution is 5.76. The van der Waals surface area contributed by atoms with E-state index in [2.05, 4.69) is 5.32 Å². The lowest BCUT2D eigenvalue weighted by molar-refractivity contribution is -0.121. The number of rotatable bonds is 8. The van der Waals surface area contributed by atoms with E-state index in [4.69, 9.17) is 4.42 Å². The Kier molecular flexibility index (Phi) is 6.61. The number of amides is 1. The summed E-state index contributed by atoms with van der Waals surface area (Å²) < 4.78 is 19.3. The number of furan rings is 1. The van der Waals surface area contributed by atoms with E-state index in [1.54, 1.807) is 6.07 Å². The van der Waals surface area contributed by atoms with E-state index in [1.165, 1.54) is 12.1 Å². The van der Waals surface area contributed by atoms with Gasteiger partial charge in [0, 0.05) is 24.9 Å². The van der Waals surface area contributed by atoms with Crippen LogP contribution < -0.4 is 5.32 Å². The quantitative estimate of drug-likeness (QED) is 0.628. The fourth-order valence-corrected chi connectivity index (χ4v) is 3.12. The summed E-state index contributed by atoms with van der Waals surface area (Å²) >= 11 is 0. The van der Waals surface area contributed by atoms with Crippen molar-refractivity contribution in [2.75, 3.05) is 20.6 Å². The first-order chi connectivity index (χ1) is 13.5.